The molecule has 0 amide bonds. The highest BCUT2D eigenvalue weighted by Crippen LogP contribution is 2.31. The molecule has 2 heterocycles. The fourth-order valence-electron chi connectivity index (χ4n) is 3.35. The van der Waals surface area contributed by atoms with E-state index in [-0.39, 0.29) is 6.10 Å². The van der Waals surface area contributed by atoms with E-state index in [0.717, 1.165) is 24.7 Å². The van der Waals surface area contributed by atoms with Crippen molar-refractivity contribution in [2.45, 2.75) is 70.6 Å². The average molecular weight is 263 g/mol. The molecule has 0 aromatic carbocycles. The maximum atomic E-state index is 5.63. The van der Waals surface area contributed by atoms with Crippen LogP contribution in [0.25, 0.3) is 0 Å². The highest BCUT2D eigenvalue weighted by atomic mass is 16.5. The van der Waals surface area contributed by atoms with Crippen LogP contribution in [0.15, 0.2) is 6.20 Å². The van der Waals surface area contributed by atoms with Crippen molar-refractivity contribution in [1.29, 1.82) is 0 Å². The largest absolute Gasteiger partial charge is 0.376 e. The van der Waals surface area contributed by atoms with E-state index in [1.54, 1.807) is 0 Å². The zero-order valence-corrected chi connectivity index (χ0v) is 12.1. The van der Waals surface area contributed by atoms with E-state index in [1.165, 1.54) is 32.1 Å². The first-order valence-electron chi connectivity index (χ1n) is 7.67. The third-order valence-corrected chi connectivity index (χ3v) is 4.51. The smallest absolute Gasteiger partial charge is 0.203 e. The Morgan fingerprint density at radius 3 is 2.74 bits per heavy atom. The van der Waals surface area contributed by atoms with Crippen molar-refractivity contribution in [3.8, 4) is 0 Å². The predicted octanol–water partition coefficient (Wildman–Crippen LogP) is 3.29. The number of hydrogen-bond donors (Lipinski definition) is 1. The molecule has 1 N–H and O–H groups in total. The summed E-state index contributed by atoms with van der Waals surface area (Å²) in [6, 6.07) is 1.04. The van der Waals surface area contributed by atoms with Crippen molar-refractivity contribution in [2.75, 3.05) is 11.9 Å². The van der Waals surface area contributed by atoms with Crippen molar-refractivity contribution < 1.29 is 4.74 Å². The van der Waals surface area contributed by atoms with Crippen LogP contribution in [0.2, 0.25) is 0 Å². The molecule has 1 saturated heterocycles. The highest BCUT2D eigenvalue weighted by molar-refractivity contribution is 5.32. The summed E-state index contributed by atoms with van der Waals surface area (Å²) in [4.78, 5) is 4.68. The maximum Gasteiger partial charge on any atom is 0.203 e. The van der Waals surface area contributed by atoms with Gasteiger partial charge in [-0.25, -0.2) is 4.98 Å². The Kier molecular flexibility index (Phi) is 3.78. The Hall–Kier alpha value is -1.03. The van der Waals surface area contributed by atoms with Crippen LogP contribution in [0.4, 0.5) is 5.95 Å². The number of rotatable bonds is 3. The molecule has 1 aromatic heterocycles. The lowest BCUT2D eigenvalue weighted by Gasteiger charge is -2.26. The van der Waals surface area contributed by atoms with E-state index in [2.05, 4.69) is 34.9 Å². The molecule has 0 spiro atoms. The number of ether oxygens (including phenoxy) is 1. The van der Waals surface area contributed by atoms with E-state index < -0.39 is 0 Å². The van der Waals surface area contributed by atoms with Crippen molar-refractivity contribution in [3.63, 3.8) is 0 Å². The number of aryl methyl sites for hydroxylation is 1. The average Bonchev–Trinajstić information content (AvgIpc) is 2.98. The molecule has 2 atom stereocenters. The van der Waals surface area contributed by atoms with Gasteiger partial charge in [0.15, 0.2) is 0 Å². The zero-order valence-electron chi connectivity index (χ0n) is 12.1. The van der Waals surface area contributed by atoms with Crippen LogP contribution in [-0.2, 0) is 4.74 Å². The summed E-state index contributed by atoms with van der Waals surface area (Å²) in [6.45, 7) is 5.09. The monoisotopic (exact) mass is 263 g/mol. The molecule has 2 unspecified atom stereocenters. The summed E-state index contributed by atoms with van der Waals surface area (Å²) in [5, 5.41) is 3.60. The number of hydrogen-bond acceptors (Lipinski definition) is 3. The van der Waals surface area contributed by atoms with Gasteiger partial charge in [0, 0.05) is 18.8 Å². The fraction of sp³-hybridized carbons (Fsp3) is 0.800. The Morgan fingerprint density at radius 1 is 1.26 bits per heavy atom. The van der Waals surface area contributed by atoms with Gasteiger partial charge >= 0.3 is 0 Å². The van der Waals surface area contributed by atoms with Gasteiger partial charge in [0.1, 0.15) is 0 Å². The molecule has 4 heteroatoms. The van der Waals surface area contributed by atoms with E-state index in [0.29, 0.717) is 12.1 Å². The molecular formula is C15H25N3O. The summed E-state index contributed by atoms with van der Waals surface area (Å²) in [7, 11) is 0. The topological polar surface area (TPSA) is 39.1 Å². The van der Waals surface area contributed by atoms with Crippen molar-refractivity contribution in [1.82, 2.24) is 9.55 Å². The Bertz CT molecular complexity index is 423. The van der Waals surface area contributed by atoms with Gasteiger partial charge in [-0.1, -0.05) is 19.3 Å². The van der Waals surface area contributed by atoms with Gasteiger partial charge in [0.05, 0.1) is 17.8 Å². The summed E-state index contributed by atoms with van der Waals surface area (Å²) in [5.74, 6) is 1.05. The van der Waals surface area contributed by atoms with Gasteiger partial charge in [-0.3, -0.25) is 0 Å². The summed E-state index contributed by atoms with van der Waals surface area (Å²) < 4.78 is 8.00. The summed E-state index contributed by atoms with van der Waals surface area (Å²) in [6.07, 6.45) is 10.3. The van der Waals surface area contributed by atoms with Gasteiger partial charge in [0.25, 0.3) is 0 Å². The number of nitrogens with one attached hydrogen (secondary N) is 1. The minimum Gasteiger partial charge on any atom is -0.376 e. The van der Waals surface area contributed by atoms with Gasteiger partial charge in [-0.05, 0) is 33.1 Å². The minimum absolute atomic E-state index is 0.289. The molecular weight excluding hydrogens is 238 g/mol. The van der Waals surface area contributed by atoms with E-state index in [9.17, 15) is 0 Å². The molecule has 1 aliphatic carbocycles. The molecule has 19 heavy (non-hydrogen) atoms. The predicted molar refractivity (Wildman–Crippen MR) is 76.5 cm³/mol. The van der Waals surface area contributed by atoms with Gasteiger partial charge in [-0.2, -0.15) is 0 Å². The van der Waals surface area contributed by atoms with Crippen LogP contribution < -0.4 is 5.32 Å². The standard InChI is InChI=1S/C15H25N3O/c1-11-10-18(13-6-4-3-5-7-13)15(16-11)17-14-8-9-19-12(14)2/h10,12-14H,3-9H2,1-2H3,(H,16,17). The summed E-state index contributed by atoms with van der Waals surface area (Å²) >= 11 is 0. The van der Waals surface area contributed by atoms with E-state index >= 15 is 0 Å². The molecule has 106 valence electrons. The molecule has 1 saturated carbocycles. The van der Waals surface area contributed by atoms with Crippen LogP contribution >= 0.6 is 0 Å². The van der Waals surface area contributed by atoms with Gasteiger partial charge in [-0.15, -0.1) is 0 Å². The number of nitrogens with zero attached hydrogens (tertiary/aromatic N) is 2. The van der Waals surface area contributed by atoms with Crippen LogP contribution in [-0.4, -0.2) is 28.3 Å². The molecule has 1 aromatic rings. The first-order valence-corrected chi connectivity index (χ1v) is 7.67. The van der Waals surface area contributed by atoms with Crippen molar-refractivity contribution in [2.24, 2.45) is 0 Å². The molecule has 1 aliphatic heterocycles. The quantitative estimate of drug-likeness (QED) is 0.909. The first kappa shape index (κ1) is 13.0. The molecule has 2 aliphatic rings. The molecule has 0 radical (unpaired) electrons. The van der Waals surface area contributed by atoms with Crippen LogP contribution in [0, 0.1) is 6.92 Å². The number of imidazole rings is 1. The highest BCUT2D eigenvalue weighted by Gasteiger charge is 2.26. The third kappa shape index (κ3) is 2.78. The number of aromatic nitrogens is 2. The normalized spacial score (nSPS) is 28.7. The second-order valence-electron chi connectivity index (χ2n) is 6.02. The molecule has 4 nitrogen and oxygen atoms in total. The Labute approximate surface area is 115 Å². The lowest BCUT2D eigenvalue weighted by molar-refractivity contribution is 0.121. The summed E-state index contributed by atoms with van der Waals surface area (Å²) in [5.41, 5.74) is 1.11. The molecule has 0 bridgehead atoms. The lowest BCUT2D eigenvalue weighted by Crippen LogP contribution is -2.29. The third-order valence-electron chi connectivity index (χ3n) is 4.51. The van der Waals surface area contributed by atoms with Crippen molar-refractivity contribution >= 4 is 5.95 Å². The number of anilines is 1. The lowest BCUT2D eigenvalue weighted by atomic mass is 9.95. The van der Waals surface area contributed by atoms with Crippen LogP contribution in [0.5, 0.6) is 0 Å². The Balaban J connectivity index is 1.76. The van der Waals surface area contributed by atoms with E-state index in [4.69, 9.17) is 4.74 Å². The maximum absolute atomic E-state index is 5.63. The van der Waals surface area contributed by atoms with E-state index in [1.807, 2.05) is 0 Å². The molecule has 3 rings (SSSR count). The second kappa shape index (κ2) is 5.53. The van der Waals surface area contributed by atoms with Crippen LogP contribution in [0.3, 0.4) is 0 Å². The molecule has 2 fully saturated rings. The van der Waals surface area contributed by atoms with Gasteiger partial charge in [0.2, 0.25) is 5.95 Å². The SMILES string of the molecule is Cc1cn(C2CCCCC2)c(NC2CCOC2C)n1. The van der Waals surface area contributed by atoms with Crippen LogP contribution in [0.1, 0.15) is 57.2 Å². The van der Waals surface area contributed by atoms with Crippen molar-refractivity contribution in [3.05, 3.63) is 11.9 Å². The first-order chi connectivity index (χ1) is 9.24. The zero-order chi connectivity index (χ0) is 13.2. The fourth-order valence-corrected chi connectivity index (χ4v) is 3.35. The minimum atomic E-state index is 0.289. The van der Waals surface area contributed by atoms with Gasteiger partial charge < -0.3 is 14.6 Å². The Morgan fingerprint density at radius 2 is 2.05 bits per heavy atom. The second-order valence-corrected chi connectivity index (χ2v) is 6.02.